The molecule has 1 fully saturated rings. The molecule has 3 rings (SSSR count). The number of aliphatic carboxylic acids is 1. The maximum absolute atomic E-state index is 12.3. The third kappa shape index (κ3) is 6.80. The number of carbonyl (C=O) groups excluding carboxylic acids is 1. The molecular formula is C25H27ClO8. The van der Waals surface area contributed by atoms with Crippen molar-refractivity contribution in [3.8, 4) is 5.75 Å². The van der Waals surface area contributed by atoms with Crippen LogP contribution in [-0.4, -0.2) is 62.9 Å². The molecule has 0 bridgehead atoms. The fourth-order valence-corrected chi connectivity index (χ4v) is 3.96. The molecular weight excluding hydrogens is 464 g/mol. The Morgan fingerprint density at radius 3 is 2.38 bits per heavy atom. The fourth-order valence-electron chi connectivity index (χ4n) is 3.83. The normalized spacial score (nSPS) is 24.7. The van der Waals surface area contributed by atoms with Gasteiger partial charge in [0, 0.05) is 30.5 Å². The lowest BCUT2D eigenvalue weighted by Gasteiger charge is -2.41. The number of halogens is 1. The highest BCUT2D eigenvalue weighted by atomic mass is 35.5. The summed E-state index contributed by atoms with van der Waals surface area (Å²) in [5.41, 5.74) is -0.156. The fraction of sp³-hybridized carbons (Fsp3) is 0.360. The number of aliphatic hydroxyl groups excluding tert-OH is 2. The van der Waals surface area contributed by atoms with Gasteiger partial charge in [0.05, 0.1) is 6.10 Å². The summed E-state index contributed by atoms with van der Waals surface area (Å²) in [7, 11) is 0. The van der Waals surface area contributed by atoms with Gasteiger partial charge in [-0.2, -0.15) is 0 Å². The van der Waals surface area contributed by atoms with Crippen molar-refractivity contribution in [3.63, 3.8) is 0 Å². The molecule has 8 nitrogen and oxygen atoms in total. The molecule has 1 saturated carbocycles. The number of carboxylic acids is 1. The summed E-state index contributed by atoms with van der Waals surface area (Å²) in [5.74, 6) is -2.03. The van der Waals surface area contributed by atoms with Crippen LogP contribution < -0.4 is 0 Å². The Morgan fingerprint density at radius 1 is 1.06 bits per heavy atom. The molecule has 34 heavy (non-hydrogen) atoms. The molecule has 0 radical (unpaired) electrons. The van der Waals surface area contributed by atoms with Crippen LogP contribution in [0, 0.1) is 0 Å². The van der Waals surface area contributed by atoms with Gasteiger partial charge in [-0.15, -0.1) is 0 Å². The van der Waals surface area contributed by atoms with Crippen LogP contribution in [0.2, 0.25) is 5.02 Å². The highest BCUT2D eigenvalue weighted by Gasteiger charge is 2.52. The first kappa shape index (κ1) is 25.7. The number of phenolic OH excluding ortho intramolecular Hbond substituents is 1. The Balaban J connectivity index is 1.61. The van der Waals surface area contributed by atoms with Gasteiger partial charge in [0.15, 0.2) is 5.60 Å². The number of phenols is 1. The smallest absolute Gasteiger partial charge is 0.336 e. The van der Waals surface area contributed by atoms with E-state index in [-0.39, 0.29) is 25.2 Å². The second kappa shape index (κ2) is 11.5. The summed E-state index contributed by atoms with van der Waals surface area (Å²) >= 11 is 5.88. The van der Waals surface area contributed by atoms with E-state index in [1.54, 1.807) is 24.3 Å². The SMILES string of the molecule is O=C(/C=C/c1ccc(O)cc1)O[C@@H]1C[C@](OCCCc2ccc(Cl)cc2)(C(=O)O)C[C@@H](O)[C@H]1O. The Morgan fingerprint density at radius 2 is 1.74 bits per heavy atom. The molecule has 0 heterocycles. The van der Waals surface area contributed by atoms with E-state index >= 15 is 0 Å². The number of benzene rings is 2. The summed E-state index contributed by atoms with van der Waals surface area (Å²) in [4.78, 5) is 24.4. The average Bonchev–Trinajstić information content (AvgIpc) is 2.80. The molecule has 1 aliphatic rings. The van der Waals surface area contributed by atoms with Crippen molar-refractivity contribution in [2.45, 2.75) is 49.6 Å². The third-order valence-electron chi connectivity index (χ3n) is 5.71. The van der Waals surface area contributed by atoms with E-state index in [0.29, 0.717) is 23.4 Å². The van der Waals surface area contributed by atoms with Crippen LogP contribution in [0.4, 0.5) is 0 Å². The second-order valence-electron chi connectivity index (χ2n) is 8.24. The van der Waals surface area contributed by atoms with Gasteiger partial charge < -0.3 is 29.9 Å². The quantitative estimate of drug-likeness (QED) is 0.239. The summed E-state index contributed by atoms with van der Waals surface area (Å²) < 4.78 is 11.0. The monoisotopic (exact) mass is 490 g/mol. The standard InChI is InChI=1S/C25H27ClO8/c26-18-8-3-16(4-9-18)2-1-13-33-25(24(31)32)14-20(28)23(30)21(15-25)34-22(29)12-7-17-5-10-19(27)11-6-17/h3-12,20-21,23,27-28,30H,1-2,13-15H2,(H,31,32)/b12-7+/t20-,21-,23-,25+/m1/s1. The lowest BCUT2D eigenvalue weighted by molar-refractivity contribution is -0.207. The van der Waals surface area contributed by atoms with Crippen LogP contribution in [0.25, 0.3) is 6.08 Å². The molecule has 0 amide bonds. The average molecular weight is 491 g/mol. The van der Waals surface area contributed by atoms with Crippen molar-refractivity contribution in [2.24, 2.45) is 0 Å². The van der Waals surface area contributed by atoms with Crippen molar-refractivity contribution in [1.29, 1.82) is 0 Å². The Kier molecular flexibility index (Phi) is 8.68. The van der Waals surface area contributed by atoms with Crippen LogP contribution in [0.15, 0.2) is 54.6 Å². The predicted octanol–water partition coefficient (Wildman–Crippen LogP) is 2.96. The number of aromatic hydroxyl groups is 1. The summed E-state index contributed by atoms with van der Waals surface area (Å²) in [6.07, 6.45) is -1.07. The van der Waals surface area contributed by atoms with Gasteiger partial charge in [-0.05, 0) is 54.3 Å². The Bertz CT molecular complexity index is 1000. The molecule has 2 aromatic rings. The lowest BCUT2D eigenvalue weighted by atomic mass is 9.79. The Hall–Kier alpha value is -2.91. The predicted molar refractivity (Wildman–Crippen MR) is 124 cm³/mol. The van der Waals surface area contributed by atoms with Crippen molar-refractivity contribution in [1.82, 2.24) is 0 Å². The summed E-state index contributed by atoms with van der Waals surface area (Å²) in [6.45, 7) is 0.0964. The molecule has 0 saturated heterocycles. The van der Waals surface area contributed by atoms with Gasteiger partial charge in [-0.3, -0.25) is 0 Å². The molecule has 0 spiro atoms. The highest BCUT2D eigenvalue weighted by molar-refractivity contribution is 6.30. The largest absolute Gasteiger partial charge is 0.508 e. The van der Waals surface area contributed by atoms with Crippen LogP contribution in [0.1, 0.15) is 30.4 Å². The van der Waals surface area contributed by atoms with E-state index in [2.05, 4.69) is 0 Å². The number of aliphatic hydroxyl groups is 2. The minimum atomic E-state index is -1.80. The molecule has 4 atom stereocenters. The molecule has 0 aromatic heterocycles. The maximum Gasteiger partial charge on any atom is 0.336 e. The van der Waals surface area contributed by atoms with Crippen LogP contribution in [-0.2, 0) is 25.5 Å². The van der Waals surface area contributed by atoms with Crippen molar-refractivity contribution in [2.75, 3.05) is 6.61 Å². The molecule has 2 aromatic carbocycles. The number of hydrogen-bond acceptors (Lipinski definition) is 7. The van der Waals surface area contributed by atoms with E-state index in [1.807, 2.05) is 12.1 Å². The minimum Gasteiger partial charge on any atom is -0.508 e. The number of rotatable bonds is 9. The topological polar surface area (TPSA) is 134 Å². The first-order valence-corrected chi connectivity index (χ1v) is 11.2. The van der Waals surface area contributed by atoms with Crippen molar-refractivity contribution >= 4 is 29.6 Å². The number of carboxylic acid groups (broad SMARTS) is 1. The van der Waals surface area contributed by atoms with Crippen LogP contribution >= 0.6 is 11.6 Å². The minimum absolute atomic E-state index is 0.0808. The molecule has 0 aliphatic heterocycles. The van der Waals surface area contributed by atoms with Gasteiger partial charge in [0.1, 0.15) is 18.0 Å². The van der Waals surface area contributed by atoms with Gasteiger partial charge in [-0.1, -0.05) is 35.9 Å². The first-order chi connectivity index (χ1) is 16.2. The van der Waals surface area contributed by atoms with Crippen LogP contribution in [0.5, 0.6) is 5.75 Å². The zero-order valence-electron chi connectivity index (χ0n) is 18.3. The van der Waals surface area contributed by atoms with Crippen molar-refractivity contribution < 1.29 is 39.5 Å². The number of carbonyl (C=O) groups is 2. The third-order valence-corrected chi connectivity index (χ3v) is 5.96. The van der Waals surface area contributed by atoms with E-state index < -0.39 is 35.9 Å². The molecule has 1 aliphatic carbocycles. The molecule has 9 heteroatoms. The maximum atomic E-state index is 12.3. The number of aryl methyl sites for hydroxylation is 1. The molecule has 182 valence electrons. The number of hydrogen-bond donors (Lipinski definition) is 4. The van der Waals surface area contributed by atoms with Crippen LogP contribution in [0.3, 0.4) is 0 Å². The second-order valence-corrected chi connectivity index (χ2v) is 8.68. The zero-order chi connectivity index (χ0) is 24.7. The van der Waals surface area contributed by atoms with Gasteiger partial charge >= 0.3 is 11.9 Å². The lowest BCUT2D eigenvalue weighted by Crippen LogP contribution is -2.58. The van der Waals surface area contributed by atoms with Crippen molar-refractivity contribution in [3.05, 3.63) is 70.8 Å². The van der Waals surface area contributed by atoms with Gasteiger partial charge in [0.25, 0.3) is 0 Å². The summed E-state index contributed by atoms with van der Waals surface area (Å²) in [5, 5.41) is 40.4. The number of ether oxygens (including phenoxy) is 2. The van der Waals surface area contributed by atoms with Gasteiger partial charge in [-0.25, -0.2) is 9.59 Å². The first-order valence-electron chi connectivity index (χ1n) is 10.8. The van der Waals surface area contributed by atoms with E-state index in [1.165, 1.54) is 18.2 Å². The molecule has 4 N–H and O–H groups in total. The Labute approximate surface area is 202 Å². The summed E-state index contributed by atoms with van der Waals surface area (Å²) in [6, 6.07) is 13.4. The van der Waals surface area contributed by atoms with Gasteiger partial charge in [0.2, 0.25) is 0 Å². The van der Waals surface area contributed by atoms with E-state index in [9.17, 15) is 30.0 Å². The number of esters is 1. The zero-order valence-corrected chi connectivity index (χ0v) is 19.1. The molecule has 0 unspecified atom stereocenters. The van der Waals surface area contributed by atoms with E-state index in [4.69, 9.17) is 21.1 Å². The van der Waals surface area contributed by atoms with E-state index in [0.717, 1.165) is 11.6 Å². The highest BCUT2D eigenvalue weighted by Crippen LogP contribution is 2.35.